The van der Waals surface area contributed by atoms with E-state index in [1.54, 1.807) is 0 Å². The molecule has 278 valence electrons. The normalized spacial score (nSPS) is 11.9. The molecular formula is C50H9B21O. The van der Waals surface area contributed by atoms with Gasteiger partial charge in [0.25, 0.3) is 0 Å². The molecule has 0 unspecified atom stereocenters. The van der Waals surface area contributed by atoms with Gasteiger partial charge in [-0.25, -0.2) is 0 Å². The van der Waals surface area contributed by atoms with Crippen molar-refractivity contribution in [2.75, 3.05) is 0 Å². The SMILES string of the molecule is [B]c1c([B])c([B])c2c([B])c(-c3c([B])c([B])c(-c4c5c([B])c([B])c([B])c([B])c5c(-c5ccc6oc7cc8ccccc8cc7c6c5)c5c([B])c([B])c([B])c([B])c45)c4c([B])c([B])c([B])c([B])c34)c([B])c([B])c2c1[B]. The van der Waals surface area contributed by atoms with Gasteiger partial charge in [0.15, 0.2) is 0 Å². The molecule has 0 aliphatic carbocycles. The Kier molecular flexibility index (Phi) is 11.4. The Morgan fingerprint density at radius 3 is 0.986 bits per heavy atom. The van der Waals surface area contributed by atoms with E-state index in [1.165, 1.54) is 0 Å². The molecule has 11 rings (SSSR count). The fraction of sp³-hybridized carbons (Fsp3) is 0. The average Bonchev–Trinajstić information content (AvgIpc) is 3.72. The highest BCUT2D eigenvalue weighted by Crippen LogP contribution is 2.44. The van der Waals surface area contributed by atoms with Crippen molar-refractivity contribution in [1.29, 1.82) is 0 Å². The standard InChI is InChI=1S/C50H9B21O/c51-30-27(39(60)40(61)29-28(30)41(62)49(70)50(71)42(29)63)26-25-24(37(58)47(68)48(69)38(25)59)23(31(52)32(26)53)18-21-19(33(54)43(64)45(66)35(21)56)17(20-22(18)36(57)46(67)44(65)34(20)55)12-5-6-15-13(8-12)14-7-10-3-1-2-4-11(10)9-16(14)72-15/h1-9H. The molecule has 1 heterocycles. The average molecular weight is 853 g/mol. The topological polar surface area (TPSA) is 13.1 Å². The number of fused-ring (bicyclic) bond motifs is 8. The lowest BCUT2D eigenvalue weighted by Gasteiger charge is -2.33. The minimum atomic E-state index is -0.181. The van der Waals surface area contributed by atoms with E-state index in [1.807, 2.05) is 48.5 Å². The molecule has 11 aromatic rings. The second kappa shape index (κ2) is 16.8. The minimum Gasteiger partial charge on any atom is -0.456 e. The van der Waals surface area contributed by atoms with E-state index in [-0.39, 0.29) is 180 Å². The molecule has 0 N–H and O–H groups in total. The molecule has 1 nitrogen and oxygen atoms in total. The van der Waals surface area contributed by atoms with Crippen LogP contribution < -0.4 is 115 Å². The summed E-state index contributed by atoms with van der Waals surface area (Å²) in [5, 5.41) is 4.76. The summed E-state index contributed by atoms with van der Waals surface area (Å²) in [5.74, 6) is 0. The van der Waals surface area contributed by atoms with E-state index >= 15 is 0 Å². The van der Waals surface area contributed by atoms with Crippen molar-refractivity contribution in [2.24, 2.45) is 0 Å². The van der Waals surface area contributed by atoms with Gasteiger partial charge in [0.1, 0.15) is 176 Å². The van der Waals surface area contributed by atoms with Crippen LogP contribution in [0.2, 0.25) is 0 Å². The van der Waals surface area contributed by atoms with Crippen LogP contribution in [-0.2, 0) is 0 Å². The third-order valence-electron chi connectivity index (χ3n) is 14.5. The summed E-state index contributed by atoms with van der Waals surface area (Å²) in [7, 11) is 144. The second-order valence-electron chi connectivity index (χ2n) is 18.1. The highest BCUT2D eigenvalue weighted by Gasteiger charge is 2.30. The first kappa shape index (κ1) is 48.9. The minimum absolute atomic E-state index is 0.000897. The van der Waals surface area contributed by atoms with Gasteiger partial charge in [-0.15, -0.1) is 43.7 Å². The zero-order valence-corrected chi connectivity index (χ0v) is 38.2. The molecule has 0 saturated carbocycles. The summed E-state index contributed by atoms with van der Waals surface area (Å²) in [6.07, 6.45) is 0. The van der Waals surface area contributed by atoms with Gasteiger partial charge in [0.05, 0.1) is 0 Å². The third-order valence-corrected chi connectivity index (χ3v) is 14.5. The lowest BCUT2D eigenvalue weighted by atomic mass is 9.55. The fourth-order valence-corrected chi connectivity index (χ4v) is 10.7. The van der Waals surface area contributed by atoms with Crippen LogP contribution in [0, 0.1) is 0 Å². The molecule has 0 saturated heterocycles. The maximum Gasteiger partial charge on any atom is 0.136 e. The first-order valence-corrected chi connectivity index (χ1v) is 21.9. The Balaban J connectivity index is 1.39. The second-order valence-corrected chi connectivity index (χ2v) is 18.1. The molecule has 0 aliphatic rings. The van der Waals surface area contributed by atoms with Crippen LogP contribution in [0.3, 0.4) is 0 Å². The van der Waals surface area contributed by atoms with Crippen LogP contribution in [0.5, 0.6) is 0 Å². The lowest BCUT2D eigenvalue weighted by molar-refractivity contribution is 0.669. The molecule has 72 heavy (non-hydrogen) atoms. The molecule has 10 aromatic carbocycles. The van der Waals surface area contributed by atoms with Crippen LogP contribution in [0.4, 0.5) is 0 Å². The van der Waals surface area contributed by atoms with E-state index in [2.05, 4.69) is 6.07 Å². The highest BCUT2D eigenvalue weighted by atomic mass is 16.3. The molecule has 0 amide bonds. The van der Waals surface area contributed by atoms with Gasteiger partial charge in [-0.1, -0.05) is 101 Å². The number of rotatable bonds is 3. The predicted molar refractivity (Wildman–Crippen MR) is 331 cm³/mol. The monoisotopic (exact) mass is 856 g/mol. The summed E-state index contributed by atoms with van der Waals surface area (Å²) < 4.78 is 6.39. The van der Waals surface area contributed by atoms with Crippen LogP contribution in [0.25, 0.3) is 109 Å². The van der Waals surface area contributed by atoms with Crippen molar-refractivity contribution >= 4 is 355 Å². The van der Waals surface area contributed by atoms with Crippen molar-refractivity contribution < 1.29 is 4.42 Å². The lowest BCUT2D eigenvalue weighted by Crippen LogP contribution is -2.53. The Bertz CT molecular complexity index is 4330. The van der Waals surface area contributed by atoms with Gasteiger partial charge in [0, 0.05) is 10.8 Å². The van der Waals surface area contributed by atoms with Gasteiger partial charge in [0.2, 0.25) is 0 Å². The van der Waals surface area contributed by atoms with Crippen LogP contribution in [0.15, 0.2) is 59.0 Å². The maximum absolute atomic E-state index is 7.41. The number of benzene rings is 10. The summed E-state index contributed by atoms with van der Waals surface area (Å²) in [4.78, 5) is 0. The number of hydrogen-bond acceptors (Lipinski definition) is 1. The van der Waals surface area contributed by atoms with Gasteiger partial charge in [-0.05, 0) is 112 Å². The van der Waals surface area contributed by atoms with Gasteiger partial charge >= 0.3 is 0 Å². The van der Waals surface area contributed by atoms with Crippen molar-refractivity contribution in [3.63, 3.8) is 0 Å². The van der Waals surface area contributed by atoms with E-state index < -0.39 is 0 Å². The maximum atomic E-state index is 7.41. The summed E-state index contributed by atoms with van der Waals surface area (Å²) in [5.41, 5.74) is 0.667. The van der Waals surface area contributed by atoms with Crippen molar-refractivity contribution in [2.45, 2.75) is 0 Å². The third kappa shape index (κ3) is 6.38. The Labute approximate surface area is 444 Å². The first-order valence-electron chi connectivity index (χ1n) is 21.9. The van der Waals surface area contributed by atoms with Crippen LogP contribution >= 0.6 is 0 Å². The van der Waals surface area contributed by atoms with Gasteiger partial charge in [-0.3, -0.25) is 0 Å². The van der Waals surface area contributed by atoms with Crippen molar-refractivity contribution in [3.8, 4) is 33.4 Å². The van der Waals surface area contributed by atoms with E-state index in [9.17, 15) is 0 Å². The van der Waals surface area contributed by atoms with Crippen molar-refractivity contribution in [3.05, 3.63) is 54.6 Å². The Morgan fingerprint density at radius 2 is 0.542 bits per heavy atom. The summed E-state index contributed by atoms with van der Waals surface area (Å²) in [6, 6.07) is 17.6. The van der Waals surface area contributed by atoms with E-state index in [0.717, 1.165) is 21.5 Å². The largest absolute Gasteiger partial charge is 0.456 e. The predicted octanol–water partition coefficient (Wildman–Crippen LogP) is -11.0. The molecule has 0 spiro atoms. The summed E-state index contributed by atoms with van der Waals surface area (Å²) in [6.45, 7) is 0. The van der Waals surface area contributed by atoms with Crippen LogP contribution in [-0.4, -0.2) is 165 Å². The molecule has 1 aromatic heterocycles. The molecule has 0 bridgehead atoms. The first-order chi connectivity index (χ1) is 34.0. The summed E-state index contributed by atoms with van der Waals surface area (Å²) >= 11 is 0. The fourth-order valence-electron chi connectivity index (χ4n) is 10.7. The van der Waals surface area contributed by atoms with E-state index in [4.69, 9.17) is 169 Å². The molecule has 0 aliphatic heterocycles. The smallest absolute Gasteiger partial charge is 0.136 e. The Morgan fingerprint density at radius 1 is 0.222 bits per heavy atom. The number of furan rings is 1. The van der Waals surface area contributed by atoms with Crippen molar-refractivity contribution in [1.82, 2.24) is 0 Å². The van der Waals surface area contributed by atoms with Gasteiger partial charge < -0.3 is 4.42 Å². The molecule has 42 radical (unpaired) electrons. The zero-order valence-electron chi connectivity index (χ0n) is 38.2. The van der Waals surface area contributed by atoms with Crippen LogP contribution in [0.1, 0.15) is 0 Å². The Hall–Kier alpha value is -5.34. The molecule has 0 fully saturated rings. The quantitative estimate of drug-likeness (QED) is 0.127. The van der Waals surface area contributed by atoms with Gasteiger partial charge in [-0.2, -0.15) is 0 Å². The molecule has 0 atom stereocenters. The van der Waals surface area contributed by atoms with E-state index in [0.29, 0.717) is 22.3 Å². The zero-order chi connectivity index (χ0) is 51.7. The number of hydrogen-bond donors (Lipinski definition) is 0. The molecular weight excluding hydrogens is 844 g/mol. The highest BCUT2D eigenvalue weighted by molar-refractivity contribution is 6.76. The molecule has 22 heteroatoms.